The highest BCUT2D eigenvalue weighted by atomic mass is 16.1. The van der Waals surface area contributed by atoms with Crippen LogP contribution in [0, 0.1) is 35.5 Å². The molecule has 16 heavy (non-hydrogen) atoms. The van der Waals surface area contributed by atoms with E-state index in [1.165, 1.54) is 0 Å². The quantitative estimate of drug-likeness (QED) is 0.514. The minimum atomic E-state index is 0.209. The second-order valence-electron chi connectivity index (χ2n) is 2.92. The molecule has 0 atom stereocenters. The number of allylic oxidation sites excluding steroid dienone is 4. The molecule has 1 nitrogen and oxygen atoms in total. The van der Waals surface area contributed by atoms with Crippen LogP contribution in [0.25, 0.3) is 0 Å². The van der Waals surface area contributed by atoms with Gasteiger partial charge in [-0.25, -0.2) is 0 Å². The van der Waals surface area contributed by atoms with Crippen LogP contribution in [0.3, 0.4) is 0 Å². The molecule has 0 aliphatic heterocycles. The van der Waals surface area contributed by atoms with Crippen molar-refractivity contribution in [1.29, 1.82) is 0 Å². The summed E-state index contributed by atoms with van der Waals surface area (Å²) in [6, 6.07) is 0. The highest BCUT2D eigenvalue weighted by Crippen LogP contribution is 1.91. The predicted octanol–water partition coefficient (Wildman–Crippen LogP) is 2.50. The van der Waals surface area contributed by atoms with Gasteiger partial charge in [-0.1, -0.05) is 30.1 Å². The van der Waals surface area contributed by atoms with Gasteiger partial charge >= 0.3 is 0 Å². The van der Waals surface area contributed by atoms with E-state index in [4.69, 9.17) is 0 Å². The van der Waals surface area contributed by atoms with Crippen molar-refractivity contribution in [2.45, 2.75) is 26.7 Å². The number of Topliss-reactive ketones (excluding diaryl/α,β-unsaturated/α-hetero) is 1. The Hall–Kier alpha value is -2.17. The zero-order valence-corrected chi connectivity index (χ0v) is 9.63. The first-order valence-electron chi connectivity index (χ1n) is 5.00. The van der Waals surface area contributed by atoms with Crippen LogP contribution in [0.15, 0.2) is 24.3 Å². The van der Waals surface area contributed by atoms with Crippen molar-refractivity contribution in [1.82, 2.24) is 0 Å². The van der Waals surface area contributed by atoms with E-state index in [-0.39, 0.29) is 5.78 Å². The molecule has 1 heteroatoms. The lowest BCUT2D eigenvalue weighted by atomic mass is 10.2. The minimum Gasteiger partial charge on any atom is -0.300 e. The molecule has 80 valence electrons. The second kappa shape index (κ2) is 10.9. The number of carbonyl (C=O) groups is 1. The summed E-state index contributed by atoms with van der Waals surface area (Å²) in [5, 5.41) is 0. The number of hydrogen-bond acceptors (Lipinski definition) is 1. The molecule has 0 aromatic rings. The van der Waals surface area contributed by atoms with Crippen molar-refractivity contribution in [3.8, 4) is 35.5 Å². The third-order valence-electron chi connectivity index (χ3n) is 1.47. The van der Waals surface area contributed by atoms with E-state index in [1.807, 2.05) is 18.2 Å². The maximum atomic E-state index is 10.6. The summed E-state index contributed by atoms with van der Waals surface area (Å²) in [6.07, 6.45) is 8.71. The lowest BCUT2D eigenvalue weighted by molar-refractivity contribution is -0.116. The minimum absolute atomic E-state index is 0.209. The molecule has 0 saturated carbocycles. The predicted molar refractivity (Wildman–Crippen MR) is 67.2 cm³/mol. The highest BCUT2D eigenvalue weighted by molar-refractivity contribution is 5.75. The van der Waals surface area contributed by atoms with Crippen molar-refractivity contribution < 1.29 is 4.79 Å². The summed E-state index contributed by atoms with van der Waals surface area (Å²) in [5.74, 6) is 16.0. The number of ketones is 1. The molecule has 0 N–H and O–H groups in total. The maximum Gasteiger partial charge on any atom is 0.130 e. The van der Waals surface area contributed by atoms with Crippen molar-refractivity contribution in [2.24, 2.45) is 0 Å². The Balaban J connectivity index is 3.80. The lowest BCUT2D eigenvalue weighted by Gasteiger charge is -1.85. The van der Waals surface area contributed by atoms with Crippen LogP contribution in [-0.4, -0.2) is 5.78 Å². The van der Waals surface area contributed by atoms with Crippen molar-refractivity contribution in [3.05, 3.63) is 24.3 Å². The Morgan fingerprint density at radius 3 is 2.56 bits per heavy atom. The molecule has 0 heterocycles. The van der Waals surface area contributed by atoms with Crippen molar-refractivity contribution in [3.63, 3.8) is 0 Å². The molecule has 0 saturated heterocycles. The van der Waals surface area contributed by atoms with Gasteiger partial charge < -0.3 is 4.79 Å². The second-order valence-corrected chi connectivity index (χ2v) is 2.92. The van der Waals surface area contributed by atoms with Gasteiger partial charge in [0.2, 0.25) is 0 Å². The molecular formula is C15H14O. The first kappa shape index (κ1) is 13.8. The highest BCUT2D eigenvalue weighted by Gasteiger charge is 1.86. The van der Waals surface area contributed by atoms with Crippen LogP contribution >= 0.6 is 0 Å². The summed E-state index contributed by atoms with van der Waals surface area (Å²) in [7, 11) is 0. The largest absolute Gasteiger partial charge is 0.300 e. The Morgan fingerprint density at radius 1 is 1.12 bits per heavy atom. The van der Waals surface area contributed by atoms with Crippen molar-refractivity contribution in [2.75, 3.05) is 0 Å². The van der Waals surface area contributed by atoms with Gasteiger partial charge in [-0.05, 0) is 50.0 Å². The Kier molecular flexibility index (Phi) is 9.43. The van der Waals surface area contributed by atoms with E-state index in [9.17, 15) is 4.79 Å². The SMILES string of the molecule is CC#CC#CC#C/C=C/C=C/CCC(C)=O. The lowest BCUT2D eigenvalue weighted by Crippen LogP contribution is -1.85. The molecular weight excluding hydrogens is 196 g/mol. The molecule has 0 spiro atoms. The summed E-state index contributed by atoms with van der Waals surface area (Å²) >= 11 is 0. The first-order valence-corrected chi connectivity index (χ1v) is 5.00. The Morgan fingerprint density at radius 2 is 1.88 bits per heavy atom. The summed E-state index contributed by atoms with van der Waals surface area (Å²) in [6.45, 7) is 3.32. The molecule has 0 aromatic carbocycles. The zero-order chi connectivity index (χ0) is 12.1. The van der Waals surface area contributed by atoms with Crippen LogP contribution in [0.1, 0.15) is 26.7 Å². The van der Waals surface area contributed by atoms with E-state index < -0.39 is 0 Å². The van der Waals surface area contributed by atoms with Gasteiger partial charge in [-0.15, -0.1) is 0 Å². The molecule has 0 bridgehead atoms. The van der Waals surface area contributed by atoms with Gasteiger partial charge in [0.05, 0.1) is 0 Å². The molecule has 0 aliphatic rings. The number of carbonyl (C=O) groups excluding carboxylic acids is 1. The fraction of sp³-hybridized carbons (Fsp3) is 0.267. The van der Waals surface area contributed by atoms with Crippen LogP contribution in [-0.2, 0) is 4.79 Å². The maximum absolute atomic E-state index is 10.6. The van der Waals surface area contributed by atoms with E-state index >= 15 is 0 Å². The van der Waals surface area contributed by atoms with Crippen molar-refractivity contribution >= 4 is 5.78 Å². The molecule has 0 unspecified atom stereocenters. The summed E-state index contributed by atoms with van der Waals surface area (Å²) in [5.41, 5.74) is 0. The topological polar surface area (TPSA) is 17.1 Å². The standard InChI is InChI=1S/C15H14O/c1-3-4-5-6-7-8-9-10-11-12-13-14-15(2)16/h9-12H,13-14H2,1-2H3/b10-9+,12-11+. The van der Waals surface area contributed by atoms with Gasteiger partial charge in [0.25, 0.3) is 0 Å². The normalized spacial score (nSPS) is 8.62. The monoisotopic (exact) mass is 210 g/mol. The summed E-state index contributed by atoms with van der Waals surface area (Å²) < 4.78 is 0. The fourth-order valence-corrected chi connectivity index (χ4v) is 0.768. The average molecular weight is 210 g/mol. The smallest absolute Gasteiger partial charge is 0.130 e. The van der Waals surface area contributed by atoms with Gasteiger partial charge in [0.1, 0.15) is 5.78 Å². The third-order valence-corrected chi connectivity index (χ3v) is 1.47. The van der Waals surface area contributed by atoms with Crippen LogP contribution in [0.2, 0.25) is 0 Å². The fourth-order valence-electron chi connectivity index (χ4n) is 0.768. The third kappa shape index (κ3) is 11.8. The summed E-state index contributed by atoms with van der Waals surface area (Å²) in [4.78, 5) is 10.6. The van der Waals surface area contributed by atoms with E-state index in [0.29, 0.717) is 6.42 Å². The van der Waals surface area contributed by atoms with Crippen LogP contribution < -0.4 is 0 Å². The Bertz CT molecular complexity index is 445. The zero-order valence-electron chi connectivity index (χ0n) is 9.63. The van der Waals surface area contributed by atoms with Gasteiger partial charge in [0.15, 0.2) is 0 Å². The van der Waals surface area contributed by atoms with Gasteiger partial charge in [-0.2, -0.15) is 0 Å². The number of hydrogen-bond donors (Lipinski definition) is 0. The molecule has 0 aliphatic carbocycles. The van der Waals surface area contributed by atoms with E-state index in [2.05, 4.69) is 35.5 Å². The van der Waals surface area contributed by atoms with Crippen LogP contribution in [0.4, 0.5) is 0 Å². The first-order chi connectivity index (χ1) is 7.77. The molecule has 0 radical (unpaired) electrons. The van der Waals surface area contributed by atoms with E-state index in [1.54, 1.807) is 19.9 Å². The molecule has 0 aromatic heterocycles. The van der Waals surface area contributed by atoms with E-state index in [0.717, 1.165) is 6.42 Å². The molecule has 0 fully saturated rings. The number of rotatable bonds is 4. The molecule has 0 rings (SSSR count). The Labute approximate surface area is 97.6 Å². The van der Waals surface area contributed by atoms with Gasteiger partial charge in [-0.3, -0.25) is 0 Å². The molecule has 0 amide bonds. The average Bonchev–Trinajstić information content (AvgIpc) is 2.25. The van der Waals surface area contributed by atoms with Gasteiger partial charge in [0, 0.05) is 6.42 Å². The van der Waals surface area contributed by atoms with Crippen LogP contribution in [0.5, 0.6) is 0 Å².